The van der Waals surface area contributed by atoms with Crippen molar-refractivity contribution in [2.75, 3.05) is 19.8 Å². The van der Waals surface area contributed by atoms with Crippen molar-refractivity contribution in [2.45, 2.75) is 25.9 Å². The summed E-state index contributed by atoms with van der Waals surface area (Å²) in [6, 6.07) is 8.77. The molecule has 3 heteroatoms. The largest absolute Gasteiger partial charge is 0.494 e. The summed E-state index contributed by atoms with van der Waals surface area (Å²) < 4.78 is 10.7. The maximum absolute atomic E-state index is 5.40. The molecule has 1 unspecified atom stereocenters. The highest BCUT2D eigenvalue weighted by Gasteiger charge is 2.14. The molecule has 1 aromatic carbocycles. The van der Waals surface area contributed by atoms with E-state index in [1.165, 1.54) is 5.56 Å². The molecule has 0 radical (unpaired) electrons. The Morgan fingerprint density at radius 3 is 2.81 bits per heavy atom. The third-order valence-electron chi connectivity index (χ3n) is 2.76. The lowest BCUT2D eigenvalue weighted by atomic mass is 10.2. The molecule has 88 valence electrons. The van der Waals surface area contributed by atoms with E-state index in [1.54, 1.807) is 0 Å². The maximum Gasteiger partial charge on any atom is 0.119 e. The van der Waals surface area contributed by atoms with Crippen molar-refractivity contribution >= 4 is 0 Å². The second kappa shape index (κ2) is 5.87. The van der Waals surface area contributed by atoms with Crippen LogP contribution in [0.25, 0.3) is 0 Å². The average molecular weight is 221 g/mol. The number of hydrogen-bond donors (Lipinski definition) is 1. The van der Waals surface area contributed by atoms with Crippen LogP contribution in [0.5, 0.6) is 5.75 Å². The molecule has 0 saturated carbocycles. The molecule has 1 aliphatic heterocycles. The van der Waals surface area contributed by atoms with E-state index in [-0.39, 0.29) is 0 Å². The fourth-order valence-corrected chi connectivity index (χ4v) is 1.83. The Morgan fingerprint density at radius 1 is 1.38 bits per heavy atom. The van der Waals surface area contributed by atoms with Crippen molar-refractivity contribution in [1.29, 1.82) is 0 Å². The number of rotatable bonds is 5. The zero-order valence-electron chi connectivity index (χ0n) is 9.74. The predicted molar refractivity (Wildman–Crippen MR) is 63.7 cm³/mol. The van der Waals surface area contributed by atoms with Gasteiger partial charge in [-0.05, 0) is 31.0 Å². The van der Waals surface area contributed by atoms with Gasteiger partial charge in [0, 0.05) is 19.2 Å². The Bertz CT molecular complexity index is 304. The van der Waals surface area contributed by atoms with Crippen LogP contribution in [0.1, 0.15) is 18.9 Å². The van der Waals surface area contributed by atoms with Crippen molar-refractivity contribution in [3.05, 3.63) is 29.8 Å². The van der Waals surface area contributed by atoms with Crippen molar-refractivity contribution in [1.82, 2.24) is 5.32 Å². The minimum Gasteiger partial charge on any atom is -0.494 e. The van der Waals surface area contributed by atoms with Gasteiger partial charge in [0.15, 0.2) is 0 Å². The van der Waals surface area contributed by atoms with E-state index in [9.17, 15) is 0 Å². The van der Waals surface area contributed by atoms with Crippen molar-refractivity contribution < 1.29 is 9.47 Å². The van der Waals surface area contributed by atoms with E-state index in [4.69, 9.17) is 9.47 Å². The number of hydrogen-bond acceptors (Lipinski definition) is 3. The van der Waals surface area contributed by atoms with Crippen LogP contribution in [0.4, 0.5) is 0 Å². The third kappa shape index (κ3) is 3.22. The lowest BCUT2D eigenvalue weighted by molar-refractivity contribution is 0.190. The normalized spacial score (nSPS) is 19.9. The highest BCUT2D eigenvalue weighted by Crippen LogP contribution is 2.12. The van der Waals surface area contributed by atoms with Crippen LogP contribution < -0.4 is 10.1 Å². The van der Waals surface area contributed by atoms with Gasteiger partial charge in [0.25, 0.3) is 0 Å². The standard InChI is InChI=1S/C13H19NO2/c1-2-16-13-5-3-11(4-6-13)9-14-12-7-8-15-10-12/h3-6,12,14H,2,7-10H2,1H3. The zero-order valence-corrected chi connectivity index (χ0v) is 9.74. The molecule has 1 saturated heterocycles. The van der Waals surface area contributed by atoms with Gasteiger partial charge in [-0.3, -0.25) is 0 Å². The smallest absolute Gasteiger partial charge is 0.119 e. The summed E-state index contributed by atoms with van der Waals surface area (Å²) in [5, 5.41) is 3.48. The second-order valence-electron chi connectivity index (χ2n) is 4.02. The lowest BCUT2D eigenvalue weighted by Gasteiger charge is -2.10. The molecular formula is C13H19NO2. The summed E-state index contributed by atoms with van der Waals surface area (Å²) in [5.41, 5.74) is 1.29. The lowest BCUT2D eigenvalue weighted by Crippen LogP contribution is -2.28. The first kappa shape index (κ1) is 11.4. The number of benzene rings is 1. The van der Waals surface area contributed by atoms with Gasteiger partial charge in [-0.1, -0.05) is 12.1 Å². The molecule has 1 N–H and O–H groups in total. The minimum absolute atomic E-state index is 0.520. The van der Waals surface area contributed by atoms with Crippen LogP contribution >= 0.6 is 0 Å². The molecular weight excluding hydrogens is 202 g/mol. The van der Waals surface area contributed by atoms with Gasteiger partial charge in [0.1, 0.15) is 5.75 Å². The van der Waals surface area contributed by atoms with Crippen molar-refractivity contribution in [3.63, 3.8) is 0 Å². The molecule has 3 nitrogen and oxygen atoms in total. The van der Waals surface area contributed by atoms with Crippen LogP contribution in [0, 0.1) is 0 Å². The molecule has 0 aliphatic carbocycles. The Labute approximate surface area is 96.8 Å². The van der Waals surface area contributed by atoms with E-state index in [0.717, 1.165) is 38.5 Å². The first-order valence-electron chi connectivity index (χ1n) is 5.91. The summed E-state index contributed by atoms with van der Waals surface area (Å²) in [7, 11) is 0. The molecule has 1 aliphatic rings. The summed E-state index contributed by atoms with van der Waals surface area (Å²) >= 11 is 0. The molecule has 1 fully saturated rings. The van der Waals surface area contributed by atoms with E-state index in [2.05, 4.69) is 17.4 Å². The van der Waals surface area contributed by atoms with E-state index in [0.29, 0.717) is 6.04 Å². The molecule has 2 rings (SSSR count). The number of nitrogens with one attached hydrogen (secondary N) is 1. The van der Waals surface area contributed by atoms with E-state index in [1.807, 2.05) is 19.1 Å². The summed E-state index contributed by atoms with van der Waals surface area (Å²) in [4.78, 5) is 0. The topological polar surface area (TPSA) is 30.5 Å². The molecule has 0 aromatic heterocycles. The maximum atomic E-state index is 5.40. The first-order chi connectivity index (χ1) is 7.88. The monoisotopic (exact) mass is 221 g/mol. The molecule has 0 spiro atoms. The second-order valence-corrected chi connectivity index (χ2v) is 4.02. The van der Waals surface area contributed by atoms with Gasteiger partial charge in [0.05, 0.1) is 13.2 Å². The van der Waals surface area contributed by atoms with E-state index >= 15 is 0 Å². The summed E-state index contributed by atoms with van der Waals surface area (Å²) in [6.07, 6.45) is 1.12. The molecule has 16 heavy (non-hydrogen) atoms. The Balaban J connectivity index is 1.80. The number of ether oxygens (including phenoxy) is 2. The zero-order chi connectivity index (χ0) is 11.2. The van der Waals surface area contributed by atoms with Crippen LogP contribution in [0.2, 0.25) is 0 Å². The Morgan fingerprint density at radius 2 is 2.19 bits per heavy atom. The van der Waals surface area contributed by atoms with Crippen LogP contribution in [0.15, 0.2) is 24.3 Å². The predicted octanol–water partition coefficient (Wildman–Crippen LogP) is 1.96. The van der Waals surface area contributed by atoms with Crippen LogP contribution in [-0.4, -0.2) is 25.9 Å². The molecule has 1 heterocycles. The first-order valence-corrected chi connectivity index (χ1v) is 5.91. The van der Waals surface area contributed by atoms with E-state index < -0.39 is 0 Å². The summed E-state index contributed by atoms with van der Waals surface area (Å²) in [5.74, 6) is 0.940. The molecule has 1 atom stereocenters. The van der Waals surface area contributed by atoms with Crippen LogP contribution in [-0.2, 0) is 11.3 Å². The quantitative estimate of drug-likeness (QED) is 0.824. The van der Waals surface area contributed by atoms with Gasteiger partial charge in [0.2, 0.25) is 0 Å². The molecule has 0 amide bonds. The fourth-order valence-electron chi connectivity index (χ4n) is 1.83. The van der Waals surface area contributed by atoms with Gasteiger partial charge in [-0.15, -0.1) is 0 Å². The van der Waals surface area contributed by atoms with Gasteiger partial charge >= 0.3 is 0 Å². The average Bonchev–Trinajstić information content (AvgIpc) is 2.82. The fraction of sp³-hybridized carbons (Fsp3) is 0.538. The van der Waals surface area contributed by atoms with Gasteiger partial charge in [-0.2, -0.15) is 0 Å². The van der Waals surface area contributed by atoms with Crippen molar-refractivity contribution in [3.8, 4) is 5.75 Å². The van der Waals surface area contributed by atoms with Crippen LogP contribution in [0.3, 0.4) is 0 Å². The Kier molecular flexibility index (Phi) is 4.19. The molecule has 0 bridgehead atoms. The highest BCUT2D eigenvalue weighted by molar-refractivity contribution is 5.27. The SMILES string of the molecule is CCOc1ccc(CNC2CCOC2)cc1. The van der Waals surface area contributed by atoms with Gasteiger partial charge in [-0.25, -0.2) is 0 Å². The van der Waals surface area contributed by atoms with Crippen molar-refractivity contribution in [2.24, 2.45) is 0 Å². The highest BCUT2D eigenvalue weighted by atomic mass is 16.5. The van der Waals surface area contributed by atoms with Gasteiger partial charge < -0.3 is 14.8 Å². The Hall–Kier alpha value is -1.06. The third-order valence-corrected chi connectivity index (χ3v) is 2.76. The minimum atomic E-state index is 0.520. The molecule has 1 aromatic rings. The summed E-state index contributed by atoms with van der Waals surface area (Å²) in [6.45, 7) is 5.35.